The maximum Gasteiger partial charge on any atom is 0.191 e. The number of fused-ring (bicyclic) bond motifs is 1. The molecule has 2 aromatic rings. The van der Waals surface area contributed by atoms with E-state index in [2.05, 4.69) is 22.0 Å². The molecule has 0 atom stereocenters. The van der Waals surface area contributed by atoms with E-state index in [1.807, 2.05) is 0 Å². The number of H-pyrrole nitrogens is 1. The summed E-state index contributed by atoms with van der Waals surface area (Å²) in [7, 11) is 0. The van der Waals surface area contributed by atoms with Crippen LogP contribution >= 0.6 is 0 Å². The van der Waals surface area contributed by atoms with Crippen LogP contribution in [0.1, 0.15) is 0 Å². The number of phenols is 1. The lowest BCUT2D eigenvalue weighted by Gasteiger charge is -2.04. The topological polar surface area (TPSA) is 71.0 Å². The van der Waals surface area contributed by atoms with Gasteiger partial charge >= 0.3 is 0 Å². The Balaban J connectivity index is 2.52. The van der Waals surface area contributed by atoms with E-state index in [-0.39, 0.29) is 5.75 Å². The summed E-state index contributed by atoms with van der Waals surface area (Å²) in [6, 6.07) is 3.18. The Bertz CT molecular complexity index is 464. The molecule has 5 nitrogen and oxygen atoms in total. The first kappa shape index (κ1) is 8.55. The molecule has 72 valence electrons. The summed E-state index contributed by atoms with van der Waals surface area (Å²) in [5, 5.41) is 19.7. The Morgan fingerprint density at radius 3 is 3.14 bits per heavy atom. The van der Waals surface area contributed by atoms with E-state index in [4.69, 9.17) is 4.74 Å². The van der Waals surface area contributed by atoms with E-state index in [0.29, 0.717) is 23.4 Å². The van der Waals surface area contributed by atoms with Gasteiger partial charge in [-0.3, -0.25) is 0 Å². The zero-order chi connectivity index (χ0) is 9.97. The van der Waals surface area contributed by atoms with Crippen LogP contribution in [0.15, 0.2) is 24.8 Å². The van der Waals surface area contributed by atoms with Gasteiger partial charge in [-0.2, -0.15) is 15.4 Å². The molecule has 0 aliphatic carbocycles. The highest BCUT2D eigenvalue weighted by Crippen LogP contribution is 2.32. The summed E-state index contributed by atoms with van der Waals surface area (Å²) in [5.41, 5.74) is 1.17. The molecule has 0 bridgehead atoms. The summed E-state index contributed by atoms with van der Waals surface area (Å²) < 4.78 is 5.27. The molecule has 0 fully saturated rings. The zero-order valence-electron chi connectivity index (χ0n) is 7.40. The van der Waals surface area contributed by atoms with Crippen molar-refractivity contribution in [2.75, 3.05) is 6.61 Å². The average molecular weight is 191 g/mol. The molecule has 0 saturated carbocycles. The first-order valence-corrected chi connectivity index (χ1v) is 4.09. The highest BCUT2D eigenvalue weighted by atomic mass is 16.5. The van der Waals surface area contributed by atoms with Gasteiger partial charge in [-0.1, -0.05) is 12.7 Å². The Morgan fingerprint density at radius 2 is 2.36 bits per heavy atom. The molecule has 1 aromatic heterocycles. The van der Waals surface area contributed by atoms with Crippen LogP contribution in [0.2, 0.25) is 0 Å². The Morgan fingerprint density at radius 1 is 1.50 bits per heavy atom. The van der Waals surface area contributed by atoms with Crippen LogP contribution in [0.5, 0.6) is 11.5 Å². The molecule has 0 spiro atoms. The van der Waals surface area contributed by atoms with Gasteiger partial charge in [-0.15, -0.1) is 0 Å². The number of benzene rings is 1. The number of hydrogen-bond donors (Lipinski definition) is 2. The SMILES string of the molecule is C=CCOc1c(O)ccc2n[nH]nc12. The van der Waals surface area contributed by atoms with E-state index >= 15 is 0 Å². The molecule has 2 N–H and O–H groups in total. The summed E-state index contributed by atoms with van der Waals surface area (Å²) in [6.07, 6.45) is 1.60. The number of aromatic amines is 1. The van der Waals surface area contributed by atoms with Crippen LogP contribution in [0.3, 0.4) is 0 Å². The molecule has 1 aromatic carbocycles. The van der Waals surface area contributed by atoms with Crippen LogP contribution in [0, 0.1) is 0 Å². The smallest absolute Gasteiger partial charge is 0.191 e. The fourth-order valence-corrected chi connectivity index (χ4v) is 1.16. The van der Waals surface area contributed by atoms with Crippen molar-refractivity contribution in [2.24, 2.45) is 0 Å². The average Bonchev–Trinajstić information content (AvgIpc) is 2.64. The molecule has 0 amide bonds. The second-order valence-electron chi connectivity index (χ2n) is 2.70. The fraction of sp³-hybridized carbons (Fsp3) is 0.111. The van der Waals surface area contributed by atoms with Gasteiger partial charge in [0.1, 0.15) is 12.1 Å². The minimum Gasteiger partial charge on any atom is -0.504 e. The molecule has 0 radical (unpaired) electrons. The third-order valence-electron chi connectivity index (χ3n) is 1.77. The lowest BCUT2D eigenvalue weighted by atomic mass is 10.2. The monoisotopic (exact) mass is 191 g/mol. The van der Waals surface area contributed by atoms with Gasteiger partial charge in [0.05, 0.1) is 0 Å². The van der Waals surface area contributed by atoms with Crippen LogP contribution < -0.4 is 4.74 Å². The first-order valence-electron chi connectivity index (χ1n) is 4.09. The van der Waals surface area contributed by atoms with Crippen molar-refractivity contribution in [1.82, 2.24) is 15.4 Å². The summed E-state index contributed by atoms with van der Waals surface area (Å²) >= 11 is 0. The van der Waals surface area contributed by atoms with E-state index in [1.165, 1.54) is 6.07 Å². The van der Waals surface area contributed by atoms with Gasteiger partial charge in [0, 0.05) is 0 Å². The zero-order valence-corrected chi connectivity index (χ0v) is 7.40. The number of ether oxygens (including phenoxy) is 1. The quantitative estimate of drug-likeness (QED) is 0.716. The maximum atomic E-state index is 9.51. The number of nitrogens with zero attached hydrogens (tertiary/aromatic N) is 2. The third kappa shape index (κ3) is 1.28. The van der Waals surface area contributed by atoms with Crippen LogP contribution in [-0.4, -0.2) is 27.1 Å². The summed E-state index contributed by atoms with van der Waals surface area (Å²) in [4.78, 5) is 0. The van der Waals surface area contributed by atoms with Gasteiger partial charge in [-0.05, 0) is 12.1 Å². The third-order valence-corrected chi connectivity index (χ3v) is 1.77. The second-order valence-corrected chi connectivity index (χ2v) is 2.70. The molecule has 2 rings (SSSR count). The molecule has 1 heterocycles. The Hall–Kier alpha value is -2.04. The molecule has 0 saturated heterocycles. The summed E-state index contributed by atoms with van der Waals surface area (Å²) in [6.45, 7) is 3.84. The fourth-order valence-electron chi connectivity index (χ4n) is 1.16. The van der Waals surface area contributed by atoms with Gasteiger partial charge in [0.2, 0.25) is 0 Å². The number of nitrogens with one attached hydrogen (secondary N) is 1. The van der Waals surface area contributed by atoms with Crippen molar-refractivity contribution >= 4 is 11.0 Å². The number of aromatic nitrogens is 3. The molecule has 0 aliphatic rings. The molecular weight excluding hydrogens is 182 g/mol. The minimum atomic E-state index is 0.0493. The standard InChI is InChI=1S/C9H9N3O2/c1-2-5-14-9-7(13)4-3-6-8(9)11-12-10-6/h2-4,13H,1,5H2,(H,10,11,12). The van der Waals surface area contributed by atoms with E-state index in [9.17, 15) is 5.11 Å². The van der Waals surface area contributed by atoms with Crippen molar-refractivity contribution in [3.8, 4) is 11.5 Å². The number of rotatable bonds is 3. The first-order chi connectivity index (χ1) is 6.83. The number of aromatic hydroxyl groups is 1. The van der Waals surface area contributed by atoms with Crippen molar-refractivity contribution in [1.29, 1.82) is 0 Å². The van der Waals surface area contributed by atoms with E-state index < -0.39 is 0 Å². The largest absolute Gasteiger partial charge is 0.504 e. The molecule has 0 unspecified atom stereocenters. The van der Waals surface area contributed by atoms with Crippen LogP contribution in [0.25, 0.3) is 11.0 Å². The van der Waals surface area contributed by atoms with Gasteiger partial charge in [0.15, 0.2) is 17.0 Å². The van der Waals surface area contributed by atoms with Gasteiger partial charge in [0.25, 0.3) is 0 Å². The highest BCUT2D eigenvalue weighted by Gasteiger charge is 2.10. The molecule has 5 heteroatoms. The van der Waals surface area contributed by atoms with Crippen molar-refractivity contribution in [3.05, 3.63) is 24.8 Å². The van der Waals surface area contributed by atoms with Crippen molar-refractivity contribution in [3.63, 3.8) is 0 Å². The maximum absolute atomic E-state index is 9.51. The van der Waals surface area contributed by atoms with Gasteiger partial charge < -0.3 is 9.84 Å². The molecule has 0 aliphatic heterocycles. The van der Waals surface area contributed by atoms with Crippen molar-refractivity contribution in [2.45, 2.75) is 0 Å². The lowest BCUT2D eigenvalue weighted by molar-refractivity contribution is 0.340. The predicted molar refractivity (Wildman–Crippen MR) is 51.2 cm³/mol. The highest BCUT2D eigenvalue weighted by molar-refractivity contribution is 5.83. The molecule has 14 heavy (non-hydrogen) atoms. The Labute approximate surface area is 80.0 Å². The second kappa shape index (κ2) is 3.37. The van der Waals surface area contributed by atoms with Crippen LogP contribution in [0.4, 0.5) is 0 Å². The van der Waals surface area contributed by atoms with Crippen molar-refractivity contribution < 1.29 is 9.84 Å². The lowest BCUT2D eigenvalue weighted by Crippen LogP contribution is -1.94. The van der Waals surface area contributed by atoms with Gasteiger partial charge in [-0.25, -0.2) is 0 Å². The predicted octanol–water partition coefficient (Wildman–Crippen LogP) is 1.23. The molecular formula is C9H9N3O2. The number of phenolic OH excluding ortho intramolecular Hbond substituents is 1. The van der Waals surface area contributed by atoms with E-state index in [1.54, 1.807) is 12.1 Å². The normalized spacial score (nSPS) is 10.3. The summed E-state index contributed by atoms with van der Waals surface area (Å²) in [5.74, 6) is 0.379. The Kier molecular flexibility index (Phi) is 2.06. The number of hydrogen-bond acceptors (Lipinski definition) is 4. The van der Waals surface area contributed by atoms with Crippen LogP contribution in [-0.2, 0) is 0 Å². The van der Waals surface area contributed by atoms with E-state index in [0.717, 1.165) is 0 Å². The minimum absolute atomic E-state index is 0.0493.